The van der Waals surface area contributed by atoms with E-state index in [1.165, 1.54) is 44.5 Å². The molecule has 2 nitrogen and oxygen atoms in total. The average molecular weight is 497 g/mol. The molecule has 0 aliphatic heterocycles. The topological polar surface area (TPSA) is 29.3 Å². The van der Waals surface area contributed by atoms with Gasteiger partial charge in [-0.1, -0.05) is 121 Å². The van der Waals surface area contributed by atoms with E-state index >= 15 is 0 Å². The Morgan fingerprint density at radius 1 is 0.474 bits per heavy atom. The molecule has 0 fully saturated rings. The van der Waals surface area contributed by atoms with Gasteiger partial charge >= 0.3 is 0 Å². The average Bonchev–Trinajstić information content (AvgIpc) is 2.96. The molecular weight excluding hydrogens is 460 g/mol. The molecule has 2 heteroatoms. The minimum Gasteiger partial charge on any atom is -0.397 e. The molecule has 0 saturated carbocycles. The van der Waals surface area contributed by atoms with Crippen molar-refractivity contribution in [3.8, 4) is 0 Å². The van der Waals surface area contributed by atoms with Crippen molar-refractivity contribution in [1.29, 1.82) is 0 Å². The molecule has 0 saturated heterocycles. The van der Waals surface area contributed by atoms with Crippen LogP contribution in [0.4, 0.5) is 11.4 Å². The van der Waals surface area contributed by atoms with E-state index in [1.807, 2.05) is 0 Å². The van der Waals surface area contributed by atoms with Crippen molar-refractivity contribution in [3.05, 3.63) is 166 Å². The maximum atomic E-state index is 7.07. The molecule has 0 spiro atoms. The molecule has 5 aromatic carbocycles. The number of anilines is 2. The van der Waals surface area contributed by atoms with E-state index in [0.29, 0.717) is 0 Å². The number of hydrogen-bond acceptors (Lipinski definition) is 2. The molecular formula is C36H36N2. The van der Waals surface area contributed by atoms with Gasteiger partial charge in [0.05, 0.1) is 11.4 Å². The zero-order valence-electron chi connectivity index (χ0n) is 22.4. The van der Waals surface area contributed by atoms with Gasteiger partial charge in [0.2, 0.25) is 0 Å². The smallest absolute Gasteiger partial charge is 0.0641 e. The van der Waals surface area contributed by atoms with Crippen LogP contribution >= 0.6 is 0 Å². The third-order valence-electron chi connectivity index (χ3n) is 7.48. The zero-order chi connectivity index (χ0) is 26.3. The molecule has 2 N–H and O–H groups in total. The largest absolute Gasteiger partial charge is 0.397 e. The van der Waals surface area contributed by atoms with E-state index in [0.717, 1.165) is 37.3 Å². The van der Waals surface area contributed by atoms with Crippen LogP contribution in [-0.4, -0.2) is 0 Å². The third-order valence-corrected chi connectivity index (χ3v) is 7.48. The minimum atomic E-state index is 0.795. The second-order valence-electron chi connectivity index (χ2n) is 10.1. The highest BCUT2D eigenvalue weighted by Gasteiger charge is 2.23. The van der Waals surface area contributed by atoms with Crippen LogP contribution in [0.15, 0.2) is 121 Å². The highest BCUT2D eigenvalue weighted by Crippen LogP contribution is 2.40. The summed E-state index contributed by atoms with van der Waals surface area (Å²) in [6.07, 6.45) is 1.75. The lowest BCUT2D eigenvalue weighted by Gasteiger charge is -2.32. The lowest BCUT2D eigenvalue weighted by molar-refractivity contribution is 0.794. The van der Waals surface area contributed by atoms with Gasteiger partial charge in [0.15, 0.2) is 0 Å². The predicted molar refractivity (Wildman–Crippen MR) is 162 cm³/mol. The minimum absolute atomic E-state index is 0.795. The number of rotatable bonds is 9. The molecule has 0 aromatic heterocycles. The first-order valence-corrected chi connectivity index (χ1v) is 13.4. The fourth-order valence-corrected chi connectivity index (χ4v) is 5.45. The van der Waals surface area contributed by atoms with Crippen LogP contribution in [0.3, 0.4) is 0 Å². The van der Waals surface area contributed by atoms with Gasteiger partial charge in [-0.3, -0.25) is 0 Å². The monoisotopic (exact) mass is 496 g/mol. The second kappa shape index (κ2) is 11.8. The summed E-state index contributed by atoms with van der Waals surface area (Å²) in [4.78, 5) is 2.46. The van der Waals surface area contributed by atoms with Gasteiger partial charge in [0, 0.05) is 13.1 Å². The summed E-state index contributed by atoms with van der Waals surface area (Å²) in [5.74, 6) is 0. The molecule has 5 rings (SSSR count). The molecule has 0 radical (unpaired) electrons. The van der Waals surface area contributed by atoms with Crippen molar-refractivity contribution < 1.29 is 0 Å². The molecule has 0 bridgehead atoms. The van der Waals surface area contributed by atoms with Crippen LogP contribution in [0.2, 0.25) is 0 Å². The quantitative estimate of drug-likeness (QED) is 0.208. The summed E-state index contributed by atoms with van der Waals surface area (Å²) in [6, 6.07) is 42.9. The highest BCUT2D eigenvalue weighted by atomic mass is 15.1. The van der Waals surface area contributed by atoms with Crippen molar-refractivity contribution >= 4 is 11.4 Å². The maximum Gasteiger partial charge on any atom is 0.0641 e. The second-order valence-corrected chi connectivity index (χ2v) is 10.1. The first kappa shape index (κ1) is 25.4. The van der Waals surface area contributed by atoms with E-state index < -0.39 is 0 Å². The van der Waals surface area contributed by atoms with Crippen LogP contribution < -0.4 is 10.6 Å². The van der Waals surface area contributed by atoms with Gasteiger partial charge in [0.1, 0.15) is 0 Å². The number of nitrogens with zero attached hydrogens (tertiary/aromatic N) is 1. The van der Waals surface area contributed by atoms with Crippen LogP contribution in [0.25, 0.3) is 0 Å². The van der Waals surface area contributed by atoms with Gasteiger partial charge in [-0.15, -0.1) is 0 Å². The summed E-state index contributed by atoms with van der Waals surface area (Å²) >= 11 is 0. The number of nitrogens with two attached hydrogens (primary N) is 1. The van der Waals surface area contributed by atoms with Crippen molar-refractivity contribution in [2.75, 3.05) is 10.6 Å². The molecule has 190 valence electrons. The Labute approximate surface area is 227 Å². The van der Waals surface area contributed by atoms with Gasteiger partial charge < -0.3 is 10.6 Å². The Morgan fingerprint density at radius 3 is 1.21 bits per heavy atom. The van der Waals surface area contributed by atoms with Crippen molar-refractivity contribution in [2.45, 2.75) is 39.8 Å². The Balaban J connectivity index is 1.66. The Bertz CT molecular complexity index is 1420. The molecule has 0 aliphatic carbocycles. The normalized spacial score (nSPS) is 10.9. The van der Waals surface area contributed by atoms with Crippen LogP contribution in [0, 0.1) is 13.8 Å². The summed E-state index contributed by atoms with van der Waals surface area (Å²) in [7, 11) is 0. The molecule has 5 aromatic rings. The first-order valence-electron chi connectivity index (χ1n) is 13.4. The van der Waals surface area contributed by atoms with E-state index in [4.69, 9.17) is 5.73 Å². The number of nitrogen functional groups attached to an aromatic ring is 1. The molecule has 38 heavy (non-hydrogen) atoms. The Kier molecular flexibility index (Phi) is 7.89. The van der Waals surface area contributed by atoms with Gasteiger partial charge in [-0.05, 0) is 71.2 Å². The molecule has 0 heterocycles. The maximum absolute atomic E-state index is 7.07. The number of benzene rings is 5. The third kappa shape index (κ3) is 5.81. The summed E-state index contributed by atoms with van der Waals surface area (Å²) in [5.41, 5.74) is 19.5. The SMILES string of the molecule is Cc1c(N)c(N(Cc2ccccc2)Cc2ccccc2)c(C)c(Cc2ccccc2)c1Cc1ccccc1. The lowest BCUT2D eigenvalue weighted by Crippen LogP contribution is -2.25. The van der Waals surface area contributed by atoms with Crippen LogP contribution in [0.1, 0.15) is 44.5 Å². The molecule has 0 amide bonds. The highest BCUT2D eigenvalue weighted by molar-refractivity contribution is 5.79. The summed E-state index contributed by atoms with van der Waals surface area (Å²) in [6.45, 7) is 6.06. The van der Waals surface area contributed by atoms with Crippen LogP contribution in [-0.2, 0) is 25.9 Å². The fourth-order valence-electron chi connectivity index (χ4n) is 5.45. The molecule has 0 atom stereocenters. The first-order chi connectivity index (χ1) is 18.6. The Hall–Kier alpha value is -4.30. The van der Waals surface area contributed by atoms with Gasteiger partial charge in [-0.2, -0.15) is 0 Å². The van der Waals surface area contributed by atoms with E-state index in [1.54, 1.807) is 0 Å². The zero-order valence-corrected chi connectivity index (χ0v) is 22.4. The van der Waals surface area contributed by atoms with Crippen LogP contribution in [0.5, 0.6) is 0 Å². The van der Waals surface area contributed by atoms with Gasteiger partial charge in [0.25, 0.3) is 0 Å². The van der Waals surface area contributed by atoms with E-state index in [9.17, 15) is 0 Å². The van der Waals surface area contributed by atoms with Gasteiger partial charge in [-0.25, -0.2) is 0 Å². The summed E-state index contributed by atoms with van der Waals surface area (Å²) in [5, 5.41) is 0. The summed E-state index contributed by atoms with van der Waals surface area (Å²) < 4.78 is 0. The van der Waals surface area contributed by atoms with Crippen molar-refractivity contribution in [3.63, 3.8) is 0 Å². The lowest BCUT2D eigenvalue weighted by atomic mass is 9.86. The molecule has 0 aliphatic rings. The fraction of sp³-hybridized carbons (Fsp3) is 0.167. The van der Waals surface area contributed by atoms with Crippen molar-refractivity contribution in [1.82, 2.24) is 0 Å². The van der Waals surface area contributed by atoms with E-state index in [2.05, 4.69) is 140 Å². The Morgan fingerprint density at radius 2 is 0.816 bits per heavy atom. The van der Waals surface area contributed by atoms with E-state index in [-0.39, 0.29) is 0 Å². The van der Waals surface area contributed by atoms with Crippen molar-refractivity contribution in [2.24, 2.45) is 0 Å². The number of hydrogen-bond donors (Lipinski definition) is 1. The standard InChI is InChI=1S/C36H36N2/c1-27-33(23-29-15-7-3-8-16-29)34(24-30-17-9-4-10-18-30)28(2)36(35(27)37)38(25-31-19-11-5-12-20-31)26-32-21-13-6-14-22-32/h3-22H,23-26,37H2,1-2H3. The predicted octanol–water partition coefficient (Wildman–Crippen LogP) is 8.27. The molecule has 0 unspecified atom stereocenters.